The normalized spacial score (nSPS) is 15.5. The lowest BCUT2D eigenvalue weighted by atomic mass is 10.0. The van der Waals surface area contributed by atoms with Gasteiger partial charge in [-0.05, 0) is 66.9 Å². The van der Waals surface area contributed by atoms with Gasteiger partial charge >= 0.3 is 6.18 Å². The maximum absolute atomic E-state index is 14.5. The number of aromatic nitrogens is 1. The lowest BCUT2D eigenvalue weighted by Crippen LogP contribution is -2.45. The number of phenolic OH excluding ortho intramolecular Hbond substituents is 1. The van der Waals surface area contributed by atoms with Gasteiger partial charge in [0.2, 0.25) is 5.96 Å². The van der Waals surface area contributed by atoms with Crippen LogP contribution in [0.1, 0.15) is 35.6 Å². The Labute approximate surface area is 251 Å². The topological polar surface area (TPSA) is 137 Å². The summed E-state index contributed by atoms with van der Waals surface area (Å²) in [6.07, 6.45) is -3.29. The van der Waals surface area contributed by atoms with Gasteiger partial charge in [-0.2, -0.15) is 13.2 Å². The number of morpholine rings is 1. The highest BCUT2D eigenvalue weighted by Gasteiger charge is 2.31. The van der Waals surface area contributed by atoms with Crippen molar-refractivity contribution in [1.29, 1.82) is 0 Å². The Kier molecular flexibility index (Phi) is 10.4. The monoisotopic (exact) mass is 615 g/mol. The molecule has 0 aliphatic carbocycles. The van der Waals surface area contributed by atoms with E-state index in [1.807, 2.05) is 4.90 Å². The number of carbonyl (C=O) groups excluding carboxylic acids is 1. The molecule has 1 aliphatic rings. The molecule has 234 valence electrons. The molecule has 2 aromatic carbocycles. The molecule has 2 heterocycles. The summed E-state index contributed by atoms with van der Waals surface area (Å²) in [5.74, 6) is -1.51. The molecule has 1 amide bonds. The molecule has 0 spiro atoms. The second kappa shape index (κ2) is 14.2. The summed E-state index contributed by atoms with van der Waals surface area (Å²) in [5, 5.41) is 12.8. The van der Waals surface area contributed by atoms with E-state index in [0.29, 0.717) is 49.7 Å². The minimum absolute atomic E-state index is 0.000135. The Balaban J connectivity index is 1.46. The van der Waals surface area contributed by atoms with E-state index in [9.17, 15) is 27.5 Å². The van der Waals surface area contributed by atoms with Gasteiger partial charge in [0, 0.05) is 18.8 Å². The molecular weight excluding hydrogens is 582 g/mol. The Hall–Kier alpha value is -4.69. The third-order valence-electron chi connectivity index (χ3n) is 6.88. The second-order valence-corrected chi connectivity index (χ2v) is 9.95. The molecule has 1 aromatic heterocycles. The Bertz CT molecular complexity index is 1540. The van der Waals surface area contributed by atoms with Crippen LogP contribution in [-0.2, 0) is 17.3 Å². The SMILES string of the molecule is CCc1nc(C(=O)NNC(N)=N/C=C(/F)C(C)N2CCOCC2)ccc1Nc1cc(-c2cccc(O)c2)cc(C(F)(F)F)c1. The molecule has 1 aliphatic heterocycles. The number of anilines is 2. The molecule has 3 aromatic rings. The zero-order valence-corrected chi connectivity index (χ0v) is 24.1. The van der Waals surface area contributed by atoms with Gasteiger partial charge in [0.25, 0.3) is 5.91 Å². The number of hydrogen-bond acceptors (Lipinski definition) is 7. The number of hydrogen-bond donors (Lipinski definition) is 5. The number of pyridine rings is 1. The molecule has 0 bridgehead atoms. The number of rotatable bonds is 8. The van der Waals surface area contributed by atoms with Crippen molar-refractivity contribution in [3.63, 3.8) is 0 Å². The highest BCUT2D eigenvalue weighted by Crippen LogP contribution is 2.36. The number of phenols is 1. The summed E-state index contributed by atoms with van der Waals surface area (Å²) in [4.78, 5) is 22.8. The van der Waals surface area contributed by atoms with Crippen LogP contribution in [0, 0.1) is 0 Å². The number of guanidine groups is 1. The van der Waals surface area contributed by atoms with Crippen LogP contribution < -0.4 is 21.9 Å². The van der Waals surface area contributed by atoms with Gasteiger partial charge in [-0.25, -0.2) is 14.4 Å². The van der Waals surface area contributed by atoms with Crippen molar-refractivity contribution in [2.24, 2.45) is 10.7 Å². The van der Waals surface area contributed by atoms with Gasteiger partial charge < -0.3 is 20.9 Å². The van der Waals surface area contributed by atoms with E-state index in [1.54, 1.807) is 19.9 Å². The number of aryl methyl sites for hydroxylation is 1. The van der Waals surface area contributed by atoms with Crippen molar-refractivity contribution >= 4 is 23.2 Å². The number of amides is 1. The van der Waals surface area contributed by atoms with E-state index in [2.05, 4.69) is 26.1 Å². The molecule has 44 heavy (non-hydrogen) atoms. The average Bonchev–Trinajstić information content (AvgIpc) is 3.02. The predicted octanol–water partition coefficient (Wildman–Crippen LogP) is 4.86. The highest BCUT2D eigenvalue weighted by molar-refractivity contribution is 5.94. The maximum atomic E-state index is 14.5. The number of hydrazine groups is 1. The number of nitrogens with one attached hydrogen (secondary N) is 3. The number of aliphatic imine (C=N–C) groups is 1. The zero-order valence-electron chi connectivity index (χ0n) is 24.1. The second-order valence-electron chi connectivity index (χ2n) is 9.95. The van der Waals surface area contributed by atoms with Crippen molar-refractivity contribution in [2.75, 3.05) is 31.6 Å². The summed E-state index contributed by atoms with van der Waals surface area (Å²) >= 11 is 0. The largest absolute Gasteiger partial charge is 0.508 e. The van der Waals surface area contributed by atoms with Crippen LogP contribution in [0.3, 0.4) is 0 Å². The summed E-state index contributed by atoms with van der Waals surface area (Å²) in [5.41, 5.74) is 11.2. The van der Waals surface area contributed by atoms with Gasteiger partial charge in [-0.1, -0.05) is 19.1 Å². The molecular formula is C30H33F4N7O3. The molecule has 1 saturated heterocycles. The fraction of sp³-hybridized carbons (Fsp3) is 0.300. The first-order valence-electron chi connectivity index (χ1n) is 13.8. The first kappa shape index (κ1) is 32.2. The van der Waals surface area contributed by atoms with Crippen LogP contribution in [0.2, 0.25) is 0 Å². The number of benzene rings is 2. The summed E-state index contributed by atoms with van der Waals surface area (Å²) in [6, 6.07) is 11.8. The van der Waals surface area contributed by atoms with Gasteiger partial charge in [0.1, 0.15) is 17.3 Å². The summed E-state index contributed by atoms with van der Waals surface area (Å²) < 4.78 is 60.9. The van der Waals surface area contributed by atoms with Crippen molar-refractivity contribution in [2.45, 2.75) is 32.5 Å². The van der Waals surface area contributed by atoms with Crippen LogP contribution in [0.4, 0.5) is 28.9 Å². The summed E-state index contributed by atoms with van der Waals surface area (Å²) in [7, 11) is 0. The molecule has 4 rings (SSSR count). The molecule has 1 fully saturated rings. The zero-order chi connectivity index (χ0) is 31.9. The third-order valence-corrected chi connectivity index (χ3v) is 6.88. The van der Waals surface area contributed by atoms with Crippen LogP contribution >= 0.6 is 0 Å². The number of nitrogens with zero attached hydrogens (tertiary/aromatic N) is 3. The maximum Gasteiger partial charge on any atom is 0.416 e. The molecule has 1 atom stereocenters. The van der Waals surface area contributed by atoms with Crippen molar-refractivity contribution in [1.82, 2.24) is 20.7 Å². The Morgan fingerprint density at radius 2 is 1.89 bits per heavy atom. The van der Waals surface area contributed by atoms with E-state index < -0.39 is 29.5 Å². The smallest absolute Gasteiger partial charge is 0.416 e. The number of carbonyl (C=O) groups is 1. The van der Waals surface area contributed by atoms with Crippen LogP contribution in [-0.4, -0.2) is 59.2 Å². The van der Waals surface area contributed by atoms with E-state index in [4.69, 9.17) is 10.5 Å². The van der Waals surface area contributed by atoms with Crippen molar-refractivity contribution in [3.05, 3.63) is 83.6 Å². The third kappa shape index (κ3) is 8.45. The van der Waals surface area contributed by atoms with Gasteiger partial charge in [-0.15, -0.1) is 0 Å². The highest BCUT2D eigenvalue weighted by atomic mass is 19.4. The Morgan fingerprint density at radius 1 is 1.14 bits per heavy atom. The first-order chi connectivity index (χ1) is 20.9. The fourth-order valence-corrected chi connectivity index (χ4v) is 4.48. The molecule has 0 saturated carbocycles. The van der Waals surface area contributed by atoms with Crippen LogP contribution in [0.25, 0.3) is 11.1 Å². The van der Waals surface area contributed by atoms with E-state index >= 15 is 0 Å². The molecule has 6 N–H and O–H groups in total. The number of nitrogens with two attached hydrogens (primary N) is 1. The van der Waals surface area contributed by atoms with E-state index in [-0.39, 0.29) is 28.7 Å². The number of aromatic hydroxyl groups is 1. The molecule has 0 radical (unpaired) electrons. The quantitative estimate of drug-likeness (QED) is 0.105. The van der Waals surface area contributed by atoms with Crippen LogP contribution in [0.15, 0.2) is 71.6 Å². The number of halogens is 4. The Morgan fingerprint density at radius 3 is 2.57 bits per heavy atom. The lowest BCUT2D eigenvalue weighted by molar-refractivity contribution is -0.137. The van der Waals surface area contributed by atoms with Gasteiger partial charge in [0.15, 0.2) is 0 Å². The first-order valence-corrected chi connectivity index (χ1v) is 13.8. The van der Waals surface area contributed by atoms with Crippen molar-refractivity contribution in [3.8, 4) is 16.9 Å². The predicted molar refractivity (Wildman–Crippen MR) is 159 cm³/mol. The molecule has 1 unspecified atom stereocenters. The van der Waals surface area contributed by atoms with Crippen LogP contribution in [0.5, 0.6) is 5.75 Å². The minimum Gasteiger partial charge on any atom is -0.508 e. The standard InChI is InChI=1S/C30H33F4N7O3/c1-3-25-26(37-22-14-20(13-21(16-22)30(32,33)34)19-5-4-6-23(42)15-19)7-8-27(38-25)28(43)39-40-29(35)36-17-24(31)18(2)41-9-11-44-12-10-41/h4-8,13-18,37,42H,3,9-12H2,1-2H3,(H,39,43)(H3,35,36,40)/b24-17+. The molecule has 10 nitrogen and oxygen atoms in total. The number of alkyl halides is 3. The van der Waals surface area contributed by atoms with Crippen molar-refractivity contribution < 1.29 is 32.2 Å². The van der Waals surface area contributed by atoms with Gasteiger partial charge in [0.05, 0.1) is 42.4 Å². The lowest BCUT2D eigenvalue weighted by Gasteiger charge is -2.31. The number of ether oxygens (including phenoxy) is 1. The van der Waals surface area contributed by atoms with E-state index in [1.165, 1.54) is 36.4 Å². The average molecular weight is 616 g/mol. The van der Waals surface area contributed by atoms with E-state index in [0.717, 1.165) is 18.3 Å². The fourth-order valence-electron chi connectivity index (χ4n) is 4.48. The van der Waals surface area contributed by atoms with Gasteiger partial charge in [-0.3, -0.25) is 20.5 Å². The summed E-state index contributed by atoms with van der Waals surface area (Å²) in [6.45, 7) is 5.71. The molecule has 14 heteroatoms. The minimum atomic E-state index is -4.61.